The maximum atomic E-state index is 13.7. The molecule has 1 amide bonds. The molecule has 3 rings (SSSR count). The number of carbonyl (C=O) groups excluding carboxylic acids is 1. The first kappa shape index (κ1) is 15.9. The number of H-pyrrole nitrogens is 1. The van der Waals surface area contributed by atoms with Crippen molar-refractivity contribution < 1.29 is 13.9 Å². The van der Waals surface area contributed by atoms with Gasteiger partial charge in [-0.2, -0.15) is 0 Å². The van der Waals surface area contributed by atoms with Crippen molar-refractivity contribution in [3.8, 4) is 11.4 Å². The van der Waals surface area contributed by atoms with Crippen LogP contribution in [0.1, 0.15) is 12.8 Å². The van der Waals surface area contributed by atoms with Crippen molar-refractivity contribution in [1.82, 2.24) is 20.5 Å². The summed E-state index contributed by atoms with van der Waals surface area (Å²) in [5.41, 5.74) is 0.356. The van der Waals surface area contributed by atoms with Gasteiger partial charge in [-0.1, -0.05) is 23.9 Å². The number of aromatic nitrogens is 3. The topological polar surface area (TPSA) is 79.9 Å². The van der Waals surface area contributed by atoms with Crippen molar-refractivity contribution in [3.05, 3.63) is 30.1 Å². The molecule has 1 aliphatic rings. The fraction of sp³-hybridized carbons (Fsp3) is 0.400. The minimum Gasteiger partial charge on any atom is -0.376 e. The fourth-order valence-corrected chi connectivity index (χ4v) is 2.93. The van der Waals surface area contributed by atoms with Gasteiger partial charge in [-0.25, -0.2) is 9.37 Å². The number of nitrogens with one attached hydrogen (secondary N) is 2. The van der Waals surface area contributed by atoms with Gasteiger partial charge in [0.2, 0.25) is 11.1 Å². The zero-order chi connectivity index (χ0) is 16.1. The molecule has 1 aromatic heterocycles. The second-order valence-corrected chi connectivity index (χ2v) is 6.12. The first-order valence-electron chi connectivity index (χ1n) is 7.41. The fourth-order valence-electron chi connectivity index (χ4n) is 2.30. The summed E-state index contributed by atoms with van der Waals surface area (Å²) in [7, 11) is 0. The van der Waals surface area contributed by atoms with Gasteiger partial charge in [-0.3, -0.25) is 9.89 Å². The number of halogens is 1. The van der Waals surface area contributed by atoms with Gasteiger partial charge >= 0.3 is 0 Å². The van der Waals surface area contributed by atoms with Crippen LogP contribution in [0, 0.1) is 5.82 Å². The Kier molecular flexibility index (Phi) is 5.24. The summed E-state index contributed by atoms with van der Waals surface area (Å²) in [5, 5.41) is 9.93. The van der Waals surface area contributed by atoms with Crippen molar-refractivity contribution in [2.45, 2.75) is 24.1 Å². The Labute approximate surface area is 137 Å². The van der Waals surface area contributed by atoms with Crippen molar-refractivity contribution in [1.29, 1.82) is 0 Å². The zero-order valence-corrected chi connectivity index (χ0v) is 13.2. The molecule has 8 heteroatoms. The molecular formula is C15H17FN4O2S. The van der Waals surface area contributed by atoms with Gasteiger partial charge in [0.05, 0.1) is 17.4 Å². The molecule has 0 bridgehead atoms. The van der Waals surface area contributed by atoms with E-state index < -0.39 is 0 Å². The molecule has 23 heavy (non-hydrogen) atoms. The average Bonchev–Trinajstić information content (AvgIpc) is 3.23. The minimum absolute atomic E-state index is 0.0947. The van der Waals surface area contributed by atoms with E-state index in [1.165, 1.54) is 17.8 Å². The van der Waals surface area contributed by atoms with Gasteiger partial charge in [0.25, 0.3) is 0 Å². The second kappa shape index (κ2) is 7.56. The molecule has 6 nitrogen and oxygen atoms in total. The summed E-state index contributed by atoms with van der Waals surface area (Å²) >= 11 is 1.20. The summed E-state index contributed by atoms with van der Waals surface area (Å²) in [6.45, 7) is 1.30. The highest BCUT2D eigenvalue weighted by atomic mass is 32.2. The number of thioether (sulfide) groups is 1. The maximum absolute atomic E-state index is 13.7. The molecule has 2 N–H and O–H groups in total. The molecule has 1 unspecified atom stereocenters. The van der Waals surface area contributed by atoms with E-state index in [0.29, 0.717) is 23.1 Å². The second-order valence-electron chi connectivity index (χ2n) is 5.17. The van der Waals surface area contributed by atoms with Crippen LogP contribution < -0.4 is 5.32 Å². The van der Waals surface area contributed by atoms with Crippen LogP contribution in [0.5, 0.6) is 0 Å². The Bertz CT molecular complexity index is 673. The third kappa shape index (κ3) is 4.29. The van der Waals surface area contributed by atoms with E-state index in [4.69, 9.17) is 4.74 Å². The number of amides is 1. The summed E-state index contributed by atoms with van der Waals surface area (Å²) in [5.74, 6) is 0.101. The van der Waals surface area contributed by atoms with Crippen molar-refractivity contribution in [2.24, 2.45) is 0 Å². The van der Waals surface area contributed by atoms with Crippen LogP contribution >= 0.6 is 11.8 Å². The van der Waals surface area contributed by atoms with E-state index in [1.54, 1.807) is 18.2 Å². The van der Waals surface area contributed by atoms with Gasteiger partial charge in [0.1, 0.15) is 5.82 Å². The molecule has 1 atom stereocenters. The number of aromatic amines is 1. The highest BCUT2D eigenvalue weighted by Gasteiger charge is 2.16. The minimum atomic E-state index is -0.366. The van der Waals surface area contributed by atoms with Gasteiger partial charge in [-0.05, 0) is 25.0 Å². The van der Waals surface area contributed by atoms with Gasteiger partial charge < -0.3 is 10.1 Å². The maximum Gasteiger partial charge on any atom is 0.230 e. The molecule has 0 saturated carbocycles. The van der Waals surface area contributed by atoms with E-state index in [0.717, 1.165) is 19.4 Å². The number of hydrogen-bond acceptors (Lipinski definition) is 5. The molecule has 2 heterocycles. The lowest BCUT2D eigenvalue weighted by atomic mass is 10.2. The Morgan fingerprint density at radius 1 is 1.48 bits per heavy atom. The number of hydrogen-bond donors (Lipinski definition) is 2. The van der Waals surface area contributed by atoms with Gasteiger partial charge in [0.15, 0.2) is 5.82 Å². The van der Waals surface area contributed by atoms with Crippen LogP contribution in [0.15, 0.2) is 29.4 Å². The Morgan fingerprint density at radius 3 is 3.13 bits per heavy atom. The van der Waals surface area contributed by atoms with E-state index in [9.17, 15) is 9.18 Å². The molecule has 0 radical (unpaired) electrons. The molecule has 1 saturated heterocycles. The first-order chi connectivity index (χ1) is 11.2. The lowest BCUT2D eigenvalue weighted by Crippen LogP contribution is -2.32. The van der Waals surface area contributed by atoms with Gasteiger partial charge in [0, 0.05) is 13.2 Å². The monoisotopic (exact) mass is 336 g/mol. The summed E-state index contributed by atoms with van der Waals surface area (Å²) in [4.78, 5) is 16.0. The van der Waals surface area contributed by atoms with Crippen molar-refractivity contribution in [3.63, 3.8) is 0 Å². The molecule has 0 aliphatic carbocycles. The van der Waals surface area contributed by atoms with Crippen LogP contribution in [-0.4, -0.2) is 46.1 Å². The lowest BCUT2D eigenvalue weighted by molar-refractivity contribution is -0.119. The standard InChI is InChI=1S/C15H17FN4O2S/c16-12-6-2-1-5-11(12)14-18-15(20-19-14)23-9-13(21)17-8-10-4-3-7-22-10/h1-2,5-6,10H,3-4,7-9H2,(H,17,21)(H,18,19,20). The molecule has 2 aromatic rings. The van der Waals surface area contributed by atoms with Crippen LogP contribution in [-0.2, 0) is 9.53 Å². The normalized spacial score (nSPS) is 17.3. The van der Waals surface area contributed by atoms with Crippen LogP contribution in [0.25, 0.3) is 11.4 Å². The van der Waals surface area contributed by atoms with Crippen LogP contribution in [0.4, 0.5) is 4.39 Å². The molecule has 1 aromatic carbocycles. The predicted octanol–water partition coefficient (Wildman–Crippen LogP) is 2.00. The highest BCUT2D eigenvalue weighted by molar-refractivity contribution is 7.99. The lowest BCUT2D eigenvalue weighted by Gasteiger charge is -2.09. The zero-order valence-electron chi connectivity index (χ0n) is 12.4. The number of rotatable bonds is 6. The van der Waals surface area contributed by atoms with E-state index in [1.807, 2.05) is 0 Å². The predicted molar refractivity (Wildman–Crippen MR) is 84.5 cm³/mol. The molecule has 1 fully saturated rings. The number of ether oxygens (including phenoxy) is 1. The SMILES string of the molecule is O=C(CSc1n[nH]c(-c2ccccc2F)n1)NCC1CCCO1. The van der Waals surface area contributed by atoms with E-state index in [2.05, 4.69) is 20.5 Å². The summed E-state index contributed by atoms with van der Waals surface area (Å²) in [6.07, 6.45) is 2.16. The molecule has 1 aliphatic heterocycles. The third-order valence-electron chi connectivity index (χ3n) is 3.48. The average molecular weight is 336 g/mol. The molecule has 122 valence electrons. The van der Waals surface area contributed by atoms with Crippen LogP contribution in [0.3, 0.4) is 0 Å². The number of nitrogens with zero attached hydrogens (tertiary/aromatic N) is 2. The molecular weight excluding hydrogens is 319 g/mol. The van der Waals surface area contributed by atoms with E-state index >= 15 is 0 Å². The smallest absolute Gasteiger partial charge is 0.230 e. The first-order valence-corrected chi connectivity index (χ1v) is 8.39. The number of carbonyl (C=O) groups is 1. The quantitative estimate of drug-likeness (QED) is 0.789. The van der Waals surface area contributed by atoms with Crippen molar-refractivity contribution >= 4 is 17.7 Å². The number of benzene rings is 1. The highest BCUT2D eigenvalue weighted by Crippen LogP contribution is 2.21. The Balaban J connectivity index is 1.49. The third-order valence-corrected chi connectivity index (χ3v) is 4.32. The van der Waals surface area contributed by atoms with Gasteiger partial charge in [-0.15, -0.1) is 5.10 Å². The Hall–Kier alpha value is -1.93. The Morgan fingerprint density at radius 2 is 2.35 bits per heavy atom. The summed E-state index contributed by atoms with van der Waals surface area (Å²) < 4.78 is 19.1. The summed E-state index contributed by atoms with van der Waals surface area (Å²) in [6, 6.07) is 6.33. The van der Waals surface area contributed by atoms with E-state index in [-0.39, 0.29) is 23.6 Å². The largest absolute Gasteiger partial charge is 0.376 e. The van der Waals surface area contributed by atoms with Crippen molar-refractivity contribution in [2.75, 3.05) is 18.9 Å². The molecule has 0 spiro atoms. The van der Waals surface area contributed by atoms with Crippen LogP contribution in [0.2, 0.25) is 0 Å².